The second kappa shape index (κ2) is 3.17. The number of nitrogens with two attached hydrogens (primary N) is 1. The van der Waals surface area contributed by atoms with E-state index in [4.69, 9.17) is 15.6 Å². The molecule has 1 aromatic heterocycles. The summed E-state index contributed by atoms with van der Waals surface area (Å²) in [5, 5.41) is 8.74. The molecule has 5 nitrogen and oxygen atoms in total. The standard InChI is InChI=1S/C9H10N2O3/c10-7-6(14-5-1-2-5)3-4-11-8(7)9(12)13/h3-5H,1-2,10H2,(H,12,13). The summed E-state index contributed by atoms with van der Waals surface area (Å²) >= 11 is 0. The number of anilines is 1. The molecule has 1 heterocycles. The average molecular weight is 194 g/mol. The first-order valence-electron chi connectivity index (χ1n) is 4.33. The van der Waals surface area contributed by atoms with E-state index in [9.17, 15) is 4.79 Å². The number of ether oxygens (including phenoxy) is 1. The molecule has 0 aliphatic heterocycles. The summed E-state index contributed by atoms with van der Waals surface area (Å²) in [6.45, 7) is 0. The van der Waals surface area contributed by atoms with Crippen LogP contribution in [-0.4, -0.2) is 22.2 Å². The molecule has 0 spiro atoms. The van der Waals surface area contributed by atoms with Crippen LogP contribution in [0.2, 0.25) is 0 Å². The molecule has 0 saturated heterocycles. The maximum absolute atomic E-state index is 10.7. The molecule has 0 unspecified atom stereocenters. The van der Waals surface area contributed by atoms with Crippen molar-refractivity contribution in [3.8, 4) is 5.75 Å². The van der Waals surface area contributed by atoms with Crippen LogP contribution in [0.4, 0.5) is 5.69 Å². The number of rotatable bonds is 3. The predicted molar refractivity (Wildman–Crippen MR) is 49.3 cm³/mol. The lowest BCUT2D eigenvalue weighted by Crippen LogP contribution is -2.08. The van der Waals surface area contributed by atoms with E-state index in [1.165, 1.54) is 6.20 Å². The Morgan fingerprint density at radius 2 is 2.36 bits per heavy atom. The fourth-order valence-electron chi connectivity index (χ4n) is 1.09. The molecule has 1 aliphatic carbocycles. The molecular weight excluding hydrogens is 184 g/mol. The third-order valence-electron chi connectivity index (χ3n) is 1.97. The lowest BCUT2D eigenvalue weighted by molar-refractivity contribution is 0.0691. The van der Waals surface area contributed by atoms with Crippen molar-refractivity contribution in [3.63, 3.8) is 0 Å². The van der Waals surface area contributed by atoms with Gasteiger partial charge in [-0.2, -0.15) is 0 Å². The molecule has 0 radical (unpaired) electrons. The van der Waals surface area contributed by atoms with Crippen molar-refractivity contribution in [2.24, 2.45) is 0 Å². The molecule has 1 aliphatic rings. The zero-order valence-electron chi connectivity index (χ0n) is 7.43. The number of aromatic nitrogens is 1. The van der Waals surface area contributed by atoms with Gasteiger partial charge in [0.1, 0.15) is 11.4 Å². The fraction of sp³-hybridized carbons (Fsp3) is 0.333. The number of pyridine rings is 1. The fourth-order valence-corrected chi connectivity index (χ4v) is 1.09. The largest absolute Gasteiger partial charge is 0.488 e. The quantitative estimate of drug-likeness (QED) is 0.746. The lowest BCUT2D eigenvalue weighted by atomic mass is 10.3. The van der Waals surface area contributed by atoms with Crippen molar-refractivity contribution in [1.82, 2.24) is 4.98 Å². The van der Waals surface area contributed by atoms with Gasteiger partial charge in [-0.05, 0) is 12.8 Å². The lowest BCUT2D eigenvalue weighted by Gasteiger charge is -2.08. The second-order valence-corrected chi connectivity index (χ2v) is 3.19. The van der Waals surface area contributed by atoms with Crippen LogP contribution >= 0.6 is 0 Å². The van der Waals surface area contributed by atoms with Crippen molar-refractivity contribution in [2.75, 3.05) is 5.73 Å². The van der Waals surface area contributed by atoms with Gasteiger partial charge in [-0.25, -0.2) is 9.78 Å². The molecule has 0 aromatic carbocycles. The molecule has 74 valence electrons. The number of nitrogens with zero attached hydrogens (tertiary/aromatic N) is 1. The average Bonchev–Trinajstić information content (AvgIpc) is 2.92. The van der Waals surface area contributed by atoms with Gasteiger partial charge < -0.3 is 15.6 Å². The third kappa shape index (κ3) is 1.61. The summed E-state index contributed by atoms with van der Waals surface area (Å²) in [7, 11) is 0. The van der Waals surface area contributed by atoms with Crippen molar-refractivity contribution >= 4 is 11.7 Å². The van der Waals surface area contributed by atoms with Crippen LogP contribution in [0.5, 0.6) is 5.75 Å². The third-order valence-corrected chi connectivity index (χ3v) is 1.97. The van der Waals surface area contributed by atoms with Gasteiger partial charge in [0.05, 0.1) is 6.10 Å². The molecule has 2 rings (SSSR count). The van der Waals surface area contributed by atoms with Crippen LogP contribution in [0.15, 0.2) is 12.3 Å². The van der Waals surface area contributed by atoms with Crippen LogP contribution in [0.25, 0.3) is 0 Å². The minimum atomic E-state index is -1.14. The number of carboxylic acids is 1. The van der Waals surface area contributed by atoms with Gasteiger partial charge in [-0.1, -0.05) is 0 Å². The number of aromatic carboxylic acids is 1. The molecular formula is C9H10N2O3. The Morgan fingerprint density at radius 3 is 2.93 bits per heavy atom. The molecule has 1 fully saturated rings. The summed E-state index contributed by atoms with van der Waals surface area (Å²) in [6, 6.07) is 1.58. The number of nitrogen functional groups attached to an aromatic ring is 1. The Kier molecular flexibility index (Phi) is 1.99. The first-order valence-corrected chi connectivity index (χ1v) is 4.33. The van der Waals surface area contributed by atoms with E-state index in [2.05, 4.69) is 4.98 Å². The SMILES string of the molecule is Nc1c(OC2CC2)ccnc1C(=O)O. The van der Waals surface area contributed by atoms with E-state index in [0.29, 0.717) is 5.75 Å². The molecule has 14 heavy (non-hydrogen) atoms. The normalized spacial score (nSPS) is 15.1. The van der Waals surface area contributed by atoms with Crippen molar-refractivity contribution in [1.29, 1.82) is 0 Å². The summed E-state index contributed by atoms with van der Waals surface area (Å²) < 4.78 is 5.42. The summed E-state index contributed by atoms with van der Waals surface area (Å²) in [6.07, 6.45) is 3.59. The van der Waals surface area contributed by atoms with Gasteiger partial charge >= 0.3 is 5.97 Å². The Morgan fingerprint density at radius 1 is 1.64 bits per heavy atom. The van der Waals surface area contributed by atoms with E-state index in [-0.39, 0.29) is 17.5 Å². The molecule has 0 amide bonds. The smallest absolute Gasteiger partial charge is 0.356 e. The molecule has 1 saturated carbocycles. The summed E-state index contributed by atoms with van der Waals surface area (Å²) in [5.74, 6) is -0.719. The monoisotopic (exact) mass is 194 g/mol. The van der Waals surface area contributed by atoms with Crippen LogP contribution in [0.3, 0.4) is 0 Å². The van der Waals surface area contributed by atoms with Gasteiger partial charge in [0, 0.05) is 12.3 Å². The Labute approximate surface area is 80.5 Å². The Hall–Kier alpha value is -1.78. The van der Waals surface area contributed by atoms with Gasteiger partial charge in [-0.3, -0.25) is 0 Å². The number of hydrogen-bond donors (Lipinski definition) is 2. The van der Waals surface area contributed by atoms with Crippen LogP contribution in [0.1, 0.15) is 23.3 Å². The molecule has 0 atom stereocenters. The van der Waals surface area contributed by atoms with Crippen molar-refractivity contribution in [2.45, 2.75) is 18.9 Å². The zero-order chi connectivity index (χ0) is 10.1. The van der Waals surface area contributed by atoms with Crippen molar-refractivity contribution in [3.05, 3.63) is 18.0 Å². The molecule has 3 N–H and O–H groups in total. The maximum Gasteiger partial charge on any atom is 0.356 e. The van der Waals surface area contributed by atoms with Gasteiger partial charge in [-0.15, -0.1) is 0 Å². The predicted octanol–water partition coefficient (Wildman–Crippen LogP) is 0.903. The van der Waals surface area contributed by atoms with Gasteiger partial charge in [0.2, 0.25) is 0 Å². The Balaban J connectivity index is 2.30. The van der Waals surface area contributed by atoms with Crippen molar-refractivity contribution < 1.29 is 14.6 Å². The van der Waals surface area contributed by atoms with Gasteiger partial charge in [0.15, 0.2) is 5.69 Å². The van der Waals surface area contributed by atoms with E-state index in [1.807, 2.05) is 0 Å². The number of carbonyl (C=O) groups is 1. The molecule has 1 aromatic rings. The highest BCUT2D eigenvalue weighted by Crippen LogP contribution is 2.31. The van der Waals surface area contributed by atoms with Crippen LogP contribution in [-0.2, 0) is 0 Å². The highest BCUT2D eigenvalue weighted by molar-refractivity contribution is 5.92. The van der Waals surface area contributed by atoms with E-state index >= 15 is 0 Å². The summed E-state index contributed by atoms with van der Waals surface area (Å²) in [5.41, 5.74) is 5.55. The minimum absolute atomic E-state index is 0.104. The van der Waals surface area contributed by atoms with Crippen LogP contribution in [0, 0.1) is 0 Å². The number of hydrogen-bond acceptors (Lipinski definition) is 4. The van der Waals surface area contributed by atoms with E-state index in [0.717, 1.165) is 12.8 Å². The maximum atomic E-state index is 10.7. The van der Waals surface area contributed by atoms with E-state index in [1.54, 1.807) is 6.07 Å². The Bertz CT molecular complexity index is 374. The zero-order valence-corrected chi connectivity index (χ0v) is 7.43. The minimum Gasteiger partial charge on any atom is -0.488 e. The highest BCUT2D eigenvalue weighted by atomic mass is 16.5. The molecule has 5 heteroatoms. The number of carboxylic acid groups (broad SMARTS) is 1. The highest BCUT2D eigenvalue weighted by Gasteiger charge is 2.25. The van der Waals surface area contributed by atoms with Gasteiger partial charge in [0.25, 0.3) is 0 Å². The van der Waals surface area contributed by atoms with E-state index < -0.39 is 5.97 Å². The first kappa shape index (κ1) is 8.80. The molecule has 0 bridgehead atoms. The summed E-state index contributed by atoms with van der Waals surface area (Å²) in [4.78, 5) is 14.3. The topological polar surface area (TPSA) is 85.4 Å². The second-order valence-electron chi connectivity index (χ2n) is 3.19. The van der Waals surface area contributed by atoms with Crippen LogP contribution < -0.4 is 10.5 Å². The first-order chi connectivity index (χ1) is 6.68.